The zero-order valence-electron chi connectivity index (χ0n) is 17.1. The molecule has 3 aromatic rings. The Morgan fingerprint density at radius 3 is 1.97 bits per heavy atom. The summed E-state index contributed by atoms with van der Waals surface area (Å²) in [7, 11) is 0. The number of carbonyl (C=O) groups excluding carboxylic acids is 2. The van der Waals surface area contributed by atoms with E-state index in [-0.39, 0.29) is 6.07 Å². The van der Waals surface area contributed by atoms with Gasteiger partial charge in [0.25, 0.3) is 5.91 Å². The van der Waals surface area contributed by atoms with Crippen LogP contribution in [0.25, 0.3) is 0 Å². The molecule has 0 atom stereocenters. The number of urea groups is 1. The van der Waals surface area contributed by atoms with E-state index in [1.54, 1.807) is 0 Å². The SMILES string of the molecule is O=C(Nc1cc(F)cc(C(F)(F)F)c1)Nc1ccc(NC(=O)c2ccccc2F)c(C(F)(F)F)c1. The third kappa shape index (κ3) is 6.46. The van der Waals surface area contributed by atoms with E-state index in [4.69, 9.17) is 0 Å². The van der Waals surface area contributed by atoms with Crippen molar-refractivity contribution in [3.8, 4) is 0 Å². The molecule has 3 amide bonds. The Bertz CT molecular complexity index is 1270. The molecule has 0 radical (unpaired) electrons. The summed E-state index contributed by atoms with van der Waals surface area (Å²) in [5.74, 6) is -3.41. The van der Waals surface area contributed by atoms with Crippen LogP contribution in [-0.2, 0) is 12.4 Å². The highest BCUT2D eigenvalue weighted by Gasteiger charge is 2.35. The first-order chi connectivity index (χ1) is 16.2. The molecular formula is C22H13F8N3O2. The molecule has 0 saturated carbocycles. The summed E-state index contributed by atoms with van der Waals surface area (Å²) in [6.07, 6.45) is -9.92. The van der Waals surface area contributed by atoms with Crippen LogP contribution in [0.4, 0.5) is 57.0 Å². The second-order valence-electron chi connectivity index (χ2n) is 7.00. The monoisotopic (exact) mass is 503 g/mol. The lowest BCUT2D eigenvalue weighted by Crippen LogP contribution is -2.21. The van der Waals surface area contributed by atoms with E-state index in [0.717, 1.165) is 24.3 Å². The van der Waals surface area contributed by atoms with Crippen LogP contribution in [-0.4, -0.2) is 11.9 Å². The lowest BCUT2D eigenvalue weighted by atomic mass is 10.1. The number of anilines is 3. The number of carbonyl (C=O) groups is 2. The van der Waals surface area contributed by atoms with Crippen molar-refractivity contribution in [2.24, 2.45) is 0 Å². The van der Waals surface area contributed by atoms with E-state index in [2.05, 4.69) is 0 Å². The van der Waals surface area contributed by atoms with Gasteiger partial charge in [-0.1, -0.05) is 12.1 Å². The van der Waals surface area contributed by atoms with Gasteiger partial charge in [0.1, 0.15) is 11.6 Å². The van der Waals surface area contributed by atoms with E-state index >= 15 is 0 Å². The van der Waals surface area contributed by atoms with Crippen molar-refractivity contribution in [1.29, 1.82) is 0 Å². The van der Waals surface area contributed by atoms with Crippen molar-refractivity contribution in [2.45, 2.75) is 12.4 Å². The van der Waals surface area contributed by atoms with Gasteiger partial charge in [0, 0.05) is 11.4 Å². The molecule has 0 saturated heterocycles. The van der Waals surface area contributed by atoms with Gasteiger partial charge >= 0.3 is 18.4 Å². The highest BCUT2D eigenvalue weighted by molar-refractivity contribution is 6.05. The first-order valence-corrected chi connectivity index (χ1v) is 9.47. The third-order valence-corrected chi connectivity index (χ3v) is 4.43. The fraction of sp³-hybridized carbons (Fsp3) is 0.0909. The molecule has 0 aliphatic heterocycles. The minimum atomic E-state index is -5.02. The maximum Gasteiger partial charge on any atom is 0.418 e. The maximum absolute atomic E-state index is 13.8. The second kappa shape index (κ2) is 9.60. The summed E-state index contributed by atoms with van der Waals surface area (Å²) in [6.45, 7) is 0. The van der Waals surface area contributed by atoms with E-state index in [1.165, 1.54) is 12.1 Å². The number of amides is 3. The predicted octanol–water partition coefficient (Wildman–Crippen LogP) is 6.90. The van der Waals surface area contributed by atoms with Crippen LogP contribution >= 0.6 is 0 Å². The molecule has 5 nitrogen and oxygen atoms in total. The molecule has 0 spiro atoms. The van der Waals surface area contributed by atoms with Crippen LogP contribution in [0.2, 0.25) is 0 Å². The molecule has 3 aromatic carbocycles. The van der Waals surface area contributed by atoms with Crippen molar-refractivity contribution in [3.63, 3.8) is 0 Å². The Balaban J connectivity index is 1.81. The zero-order valence-corrected chi connectivity index (χ0v) is 17.1. The van der Waals surface area contributed by atoms with Gasteiger partial charge in [-0.15, -0.1) is 0 Å². The van der Waals surface area contributed by atoms with Crippen LogP contribution in [0.15, 0.2) is 60.7 Å². The van der Waals surface area contributed by atoms with Gasteiger partial charge in [-0.05, 0) is 48.5 Å². The van der Waals surface area contributed by atoms with Crippen molar-refractivity contribution < 1.29 is 44.7 Å². The molecule has 3 rings (SSSR count). The molecule has 0 aromatic heterocycles. The number of hydrogen-bond acceptors (Lipinski definition) is 2. The number of nitrogens with one attached hydrogen (secondary N) is 3. The second-order valence-corrected chi connectivity index (χ2v) is 7.00. The van der Waals surface area contributed by atoms with Crippen LogP contribution in [0.3, 0.4) is 0 Å². The molecule has 0 aliphatic rings. The van der Waals surface area contributed by atoms with Gasteiger partial charge in [0.2, 0.25) is 0 Å². The summed E-state index contributed by atoms with van der Waals surface area (Å²) < 4.78 is 106. The zero-order chi connectivity index (χ0) is 26.0. The summed E-state index contributed by atoms with van der Waals surface area (Å²) in [5, 5.41) is 5.81. The molecule has 0 bridgehead atoms. The molecule has 0 fully saturated rings. The number of halogens is 8. The summed E-state index contributed by atoms with van der Waals surface area (Å²) in [5.41, 5.74) is -5.08. The average Bonchev–Trinajstić information content (AvgIpc) is 2.73. The Hall–Kier alpha value is -4.16. The molecule has 35 heavy (non-hydrogen) atoms. The van der Waals surface area contributed by atoms with Gasteiger partial charge in [-0.3, -0.25) is 4.79 Å². The van der Waals surface area contributed by atoms with Crippen LogP contribution in [0, 0.1) is 11.6 Å². The third-order valence-electron chi connectivity index (χ3n) is 4.43. The van der Waals surface area contributed by atoms with Crippen molar-refractivity contribution in [3.05, 3.63) is 89.0 Å². The number of alkyl halides is 6. The molecule has 0 unspecified atom stereocenters. The normalized spacial score (nSPS) is 11.7. The van der Waals surface area contributed by atoms with Crippen molar-refractivity contribution in [1.82, 2.24) is 0 Å². The van der Waals surface area contributed by atoms with E-state index < -0.39 is 69.7 Å². The van der Waals surface area contributed by atoms with E-state index in [0.29, 0.717) is 18.2 Å². The molecule has 13 heteroatoms. The fourth-order valence-corrected chi connectivity index (χ4v) is 2.92. The van der Waals surface area contributed by atoms with Crippen LogP contribution in [0.5, 0.6) is 0 Å². The van der Waals surface area contributed by atoms with Crippen molar-refractivity contribution >= 4 is 29.0 Å². The number of rotatable bonds is 4. The molecule has 0 heterocycles. The smallest absolute Gasteiger partial charge is 0.321 e. The van der Waals surface area contributed by atoms with Gasteiger partial charge in [0.05, 0.1) is 22.4 Å². The quantitative estimate of drug-likeness (QED) is 0.339. The highest BCUT2D eigenvalue weighted by atomic mass is 19.4. The van der Waals surface area contributed by atoms with E-state index in [9.17, 15) is 44.7 Å². The lowest BCUT2D eigenvalue weighted by molar-refractivity contribution is -0.138. The van der Waals surface area contributed by atoms with Gasteiger partial charge in [-0.25, -0.2) is 13.6 Å². The minimum Gasteiger partial charge on any atom is -0.321 e. The number of hydrogen-bond donors (Lipinski definition) is 3. The van der Waals surface area contributed by atoms with Crippen LogP contribution < -0.4 is 16.0 Å². The Morgan fingerprint density at radius 1 is 0.686 bits per heavy atom. The first kappa shape index (κ1) is 25.5. The van der Waals surface area contributed by atoms with Gasteiger partial charge in [0.15, 0.2) is 0 Å². The standard InChI is InChI=1S/C22H13F8N3O2/c23-12-7-11(21(25,26)27)8-14(9-12)32-20(35)31-13-5-6-18(16(10-13)22(28,29)30)33-19(34)15-3-1-2-4-17(15)24/h1-10H,(H,33,34)(H2,31,32,35). The lowest BCUT2D eigenvalue weighted by Gasteiger charge is -2.16. The number of benzene rings is 3. The maximum atomic E-state index is 13.8. The molecule has 3 N–H and O–H groups in total. The molecular weight excluding hydrogens is 490 g/mol. The van der Waals surface area contributed by atoms with E-state index in [1.807, 2.05) is 16.0 Å². The van der Waals surface area contributed by atoms with Gasteiger partial charge < -0.3 is 16.0 Å². The van der Waals surface area contributed by atoms with Gasteiger partial charge in [-0.2, -0.15) is 26.3 Å². The van der Waals surface area contributed by atoms with Crippen molar-refractivity contribution in [2.75, 3.05) is 16.0 Å². The summed E-state index contributed by atoms with van der Waals surface area (Å²) in [6, 6.07) is 6.76. The molecule has 0 aliphatic carbocycles. The Morgan fingerprint density at radius 2 is 1.34 bits per heavy atom. The molecule has 184 valence electrons. The Kier molecular flexibility index (Phi) is 6.99. The predicted molar refractivity (Wildman–Crippen MR) is 110 cm³/mol. The summed E-state index contributed by atoms with van der Waals surface area (Å²) in [4.78, 5) is 24.3. The average molecular weight is 503 g/mol. The topological polar surface area (TPSA) is 70.2 Å². The largest absolute Gasteiger partial charge is 0.418 e. The van der Waals surface area contributed by atoms with Crippen LogP contribution in [0.1, 0.15) is 21.5 Å². The first-order valence-electron chi connectivity index (χ1n) is 9.47. The highest BCUT2D eigenvalue weighted by Crippen LogP contribution is 2.37. The fourth-order valence-electron chi connectivity index (χ4n) is 2.92. The minimum absolute atomic E-state index is 0.201. The Labute approximate surface area is 191 Å². The summed E-state index contributed by atoms with van der Waals surface area (Å²) >= 11 is 0.